The molecule has 2 amide bonds. The van der Waals surface area contributed by atoms with Crippen molar-refractivity contribution in [3.63, 3.8) is 0 Å². The largest absolute Gasteiger partial charge is 0.377 e. The van der Waals surface area contributed by atoms with E-state index in [1.165, 1.54) is 0 Å². The summed E-state index contributed by atoms with van der Waals surface area (Å²) in [5.74, 6) is 0.164. The van der Waals surface area contributed by atoms with E-state index in [4.69, 9.17) is 4.74 Å². The molecule has 5 heteroatoms. The fraction of sp³-hybridized carbons (Fsp3) is 0.875. The molecule has 0 aromatic carbocycles. The highest BCUT2D eigenvalue weighted by Crippen LogP contribution is 2.21. The van der Waals surface area contributed by atoms with Crippen molar-refractivity contribution in [2.75, 3.05) is 13.2 Å². The van der Waals surface area contributed by atoms with Crippen LogP contribution in [-0.2, 0) is 14.3 Å². The monoisotopic (exact) mass is 298 g/mol. The summed E-state index contributed by atoms with van der Waals surface area (Å²) in [4.78, 5) is 26.7. The van der Waals surface area contributed by atoms with Crippen molar-refractivity contribution in [3.8, 4) is 0 Å². The van der Waals surface area contributed by atoms with Gasteiger partial charge in [0.2, 0.25) is 11.8 Å². The number of piperazine rings is 1. The minimum Gasteiger partial charge on any atom is -0.377 e. The van der Waals surface area contributed by atoms with Crippen LogP contribution in [0.5, 0.6) is 0 Å². The first-order chi connectivity index (χ1) is 9.92. The lowest BCUT2D eigenvalue weighted by Gasteiger charge is -2.41. The molecule has 0 aromatic heterocycles. The summed E-state index contributed by atoms with van der Waals surface area (Å²) in [6.45, 7) is 11.0. The summed E-state index contributed by atoms with van der Waals surface area (Å²) >= 11 is 0. The Kier molecular flexibility index (Phi) is 7.15. The van der Waals surface area contributed by atoms with Gasteiger partial charge in [-0.15, -0.1) is 0 Å². The smallest absolute Gasteiger partial charge is 0.245 e. The Morgan fingerprint density at radius 2 is 1.90 bits per heavy atom. The summed E-state index contributed by atoms with van der Waals surface area (Å²) in [5.41, 5.74) is 0. The van der Waals surface area contributed by atoms with Gasteiger partial charge in [-0.1, -0.05) is 33.6 Å². The van der Waals surface area contributed by atoms with E-state index < -0.39 is 0 Å². The molecule has 0 aromatic rings. The van der Waals surface area contributed by atoms with Crippen LogP contribution in [-0.4, -0.2) is 48.1 Å². The zero-order chi connectivity index (χ0) is 16.0. The molecule has 3 unspecified atom stereocenters. The van der Waals surface area contributed by atoms with Crippen molar-refractivity contribution >= 4 is 11.8 Å². The lowest BCUT2D eigenvalue weighted by atomic mass is 9.92. The molecule has 21 heavy (non-hydrogen) atoms. The normalized spacial score (nSPS) is 24.4. The third-order valence-electron chi connectivity index (χ3n) is 4.05. The van der Waals surface area contributed by atoms with Gasteiger partial charge >= 0.3 is 0 Å². The summed E-state index contributed by atoms with van der Waals surface area (Å²) in [6.07, 6.45) is 2.57. The molecule has 1 fully saturated rings. The second kappa shape index (κ2) is 8.37. The first-order valence-corrected chi connectivity index (χ1v) is 8.14. The van der Waals surface area contributed by atoms with Crippen LogP contribution < -0.4 is 5.32 Å². The van der Waals surface area contributed by atoms with Crippen LogP contribution in [0.2, 0.25) is 0 Å². The predicted octanol–water partition coefficient (Wildman–Crippen LogP) is 1.95. The molecule has 1 N–H and O–H groups in total. The Bertz CT molecular complexity index is 357. The highest BCUT2D eigenvalue weighted by molar-refractivity contribution is 5.97. The van der Waals surface area contributed by atoms with Crippen molar-refractivity contribution in [2.45, 2.75) is 72.1 Å². The molecule has 122 valence electrons. The van der Waals surface area contributed by atoms with E-state index in [1.54, 1.807) is 4.90 Å². The number of amides is 2. The zero-order valence-electron chi connectivity index (χ0n) is 14.0. The Hall–Kier alpha value is -1.10. The van der Waals surface area contributed by atoms with Gasteiger partial charge in [-0.2, -0.15) is 0 Å². The topological polar surface area (TPSA) is 58.6 Å². The summed E-state index contributed by atoms with van der Waals surface area (Å²) in [5, 5.41) is 2.89. The summed E-state index contributed by atoms with van der Waals surface area (Å²) in [6, 6.07) is -0.742. The van der Waals surface area contributed by atoms with E-state index in [2.05, 4.69) is 5.32 Å². The summed E-state index contributed by atoms with van der Waals surface area (Å²) < 4.78 is 5.56. The Labute approximate surface area is 128 Å². The van der Waals surface area contributed by atoms with Crippen LogP contribution in [0.25, 0.3) is 0 Å². The maximum Gasteiger partial charge on any atom is 0.245 e. The molecule has 1 rings (SSSR count). The first kappa shape index (κ1) is 18.0. The van der Waals surface area contributed by atoms with Crippen molar-refractivity contribution in [1.29, 1.82) is 0 Å². The standard InChI is InChI=1S/C16H30N2O3/c1-6-8-13-16(20)18(9-10-21-11(3)4)14(12(5)7-2)15(19)17-13/h11-14H,6-10H2,1-5H3,(H,17,19). The van der Waals surface area contributed by atoms with Gasteiger partial charge in [-0.05, 0) is 26.2 Å². The number of ether oxygens (including phenoxy) is 1. The van der Waals surface area contributed by atoms with Crippen molar-refractivity contribution in [3.05, 3.63) is 0 Å². The highest BCUT2D eigenvalue weighted by Gasteiger charge is 2.41. The van der Waals surface area contributed by atoms with Gasteiger partial charge in [0, 0.05) is 6.54 Å². The van der Waals surface area contributed by atoms with E-state index in [0.717, 1.165) is 12.8 Å². The second-order valence-corrected chi connectivity index (χ2v) is 6.13. The zero-order valence-corrected chi connectivity index (χ0v) is 14.0. The third kappa shape index (κ3) is 4.70. The predicted molar refractivity (Wildman–Crippen MR) is 82.9 cm³/mol. The molecular weight excluding hydrogens is 268 g/mol. The molecule has 0 radical (unpaired) electrons. The van der Waals surface area contributed by atoms with Gasteiger partial charge in [0.05, 0.1) is 12.7 Å². The highest BCUT2D eigenvalue weighted by atomic mass is 16.5. The Morgan fingerprint density at radius 1 is 1.24 bits per heavy atom. The number of nitrogens with zero attached hydrogens (tertiary/aromatic N) is 1. The molecular formula is C16H30N2O3. The Balaban J connectivity index is 2.84. The van der Waals surface area contributed by atoms with E-state index in [1.807, 2.05) is 34.6 Å². The fourth-order valence-electron chi connectivity index (χ4n) is 2.71. The molecule has 0 saturated carbocycles. The van der Waals surface area contributed by atoms with E-state index in [0.29, 0.717) is 19.6 Å². The summed E-state index contributed by atoms with van der Waals surface area (Å²) in [7, 11) is 0. The SMILES string of the molecule is CCCC1NC(=O)C(C(C)CC)N(CCOC(C)C)C1=O. The van der Waals surface area contributed by atoms with Gasteiger partial charge in [-0.3, -0.25) is 9.59 Å². The second-order valence-electron chi connectivity index (χ2n) is 6.13. The Morgan fingerprint density at radius 3 is 2.43 bits per heavy atom. The van der Waals surface area contributed by atoms with Crippen LogP contribution in [0.4, 0.5) is 0 Å². The number of nitrogens with one attached hydrogen (secondary N) is 1. The molecule has 0 aliphatic carbocycles. The van der Waals surface area contributed by atoms with Gasteiger partial charge in [-0.25, -0.2) is 0 Å². The van der Waals surface area contributed by atoms with Gasteiger partial charge in [0.1, 0.15) is 12.1 Å². The molecule has 5 nitrogen and oxygen atoms in total. The average Bonchev–Trinajstić information content (AvgIpc) is 2.43. The van der Waals surface area contributed by atoms with Crippen molar-refractivity contribution in [1.82, 2.24) is 10.2 Å². The van der Waals surface area contributed by atoms with Crippen molar-refractivity contribution < 1.29 is 14.3 Å². The number of carbonyl (C=O) groups excluding carboxylic acids is 2. The van der Waals surface area contributed by atoms with Crippen LogP contribution >= 0.6 is 0 Å². The number of rotatable bonds is 8. The molecule has 3 atom stereocenters. The van der Waals surface area contributed by atoms with Crippen LogP contribution in [0.1, 0.15) is 53.9 Å². The lowest BCUT2D eigenvalue weighted by Crippen LogP contribution is -2.65. The van der Waals surface area contributed by atoms with Crippen molar-refractivity contribution in [2.24, 2.45) is 5.92 Å². The molecule has 1 aliphatic heterocycles. The van der Waals surface area contributed by atoms with E-state index in [-0.39, 0.29) is 35.9 Å². The van der Waals surface area contributed by atoms with Gasteiger partial charge in [0.25, 0.3) is 0 Å². The maximum atomic E-state index is 12.6. The maximum absolute atomic E-state index is 12.6. The van der Waals surface area contributed by atoms with Gasteiger partial charge < -0.3 is 15.0 Å². The molecule has 1 saturated heterocycles. The van der Waals surface area contributed by atoms with Crippen LogP contribution in [0, 0.1) is 5.92 Å². The number of hydrogen-bond donors (Lipinski definition) is 1. The number of carbonyl (C=O) groups is 2. The van der Waals surface area contributed by atoms with Crippen LogP contribution in [0.3, 0.4) is 0 Å². The minimum absolute atomic E-state index is 0.0213. The molecule has 1 heterocycles. The molecule has 0 spiro atoms. The minimum atomic E-state index is -0.373. The van der Waals surface area contributed by atoms with Gasteiger partial charge in [0.15, 0.2) is 0 Å². The molecule has 1 aliphatic rings. The average molecular weight is 298 g/mol. The lowest BCUT2D eigenvalue weighted by molar-refractivity contribution is -0.152. The third-order valence-corrected chi connectivity index (χ3v) is 4.05. The number of hydrogen-bond acceptors (Lipinski definition) is 3. The fourth-order valence-corrected chi connectivity index (χ4v) is 2.71. The quantitative estimate of drug-likeness (QED) is 0.745. The van der Waals surface area contributed by atoms with E-state index in [9.17, 15) is 9.59 Å². The van der Waals surface area contributed by atoms with E-state index >= 15 is 0 Å². The van der Waals surface area contributed by atoms with Crippen LogP contribution in [0.15, 0.2) is 0 Å². The molecule has 0 bridgehead atoms. The first-order valence-electron chi connectivity index (χ1n) is 8.14.